The number of amides is 1. The van der Waals surface area contributed by atoms with Crippen molar-refractivity contribution < 1.29 is 14.3 Å². The van der Waals surface area contributed by atoms with Gasteiger partial charge in [-0.3, -0.25) is 4.79 Å². The summed E-state index contributed by atoms with van der Waals surface area (Å²) < 4.78 is 5.02. The van der Waals surface area contributed by atoms with Crippen LogP contribution in [0.25, 0.3) is 6.08 Å². The topological polar surface area (TPSA) is 55.4 Å². The van der Waals surface area contributed by atoms with Crippen LogP contribution in [0.5, 0.6) is 0 Å². The second kappa shape index (κ2) is 9.36. The number of nitrogens with one attached hydrogen (secondary N) is 1. The van der Waals surface area contributed by atoms with Crippen LogP contribution in [0, 0.1) is 11.3 Å². The van der Waals surface area contributed by atoms with Gasteiger partial charge in [-0.25, -0.2) is 4.79 Å². The third kappa shape index (κ3) is 4.96. The van der Waals surface area contributed by atoms with Gasteiger partial charge < -0.3 is 10.1 Å². The lowest BCUT2D eigenvalue weighted by Gasteiger charge is -2.36. The number of fused-ring (bicyclic) bond motifs is 1. The summed E-state index contributed by atoms with van der Waals surface area (Å²) in [5.74, 6) is -0.107. The van der Waals surface area contributed by atoms with E-state index in [1.54, 1.807) is 18.2 Å². The van der Waals surface area contributed by atoms with Crippen molar-refractivity contribution in [3.63, 3.8) is 0 Å². The van der Waals surface area contributed by atoms with Crippen LogP contribution in [-0.2, 0) is 22.4 Å². The Morgan fingerprint density at radius 2 is 2.00 bits per heavy atom. The minimum atomic E-state index is -0.391. The molecule has 3 rings (SSSR count). The number of benzene rings is 1. The Morgan fingerprint density at radius 3 is 2.63 bits per heavy atom. The summed E-state index contributed by atoms with van der Waals surface area (Å²) in [7, 11) is 1.38. The highest BCUT2D eigenvalue weighted by Gasteiger charge is 2.35. The van der Waals surface area contributed by atoms with Gasteiger partial charge in [-0.2, -0.15) is 0 Å². The van der Waals surface area contributed by atoms with Crippen molar-refractivity contribution in [2.24, 2.45) is 11.3 Å². The van der Waals surface area contributed by atoms with Gasteiger partial charge in [0.05, 0.1) is 12.7 Å². The molecule has 1 atom stereocenters. The first-order chi connectivity index (χ1) is 14.2. The highest BCUT2D eigenvalue weighted by molar-refractivity contribution is 7.17. The summed E-state index contributed by atoms with van der Waals surface area (Å²) in [5.41, 5.74) is 2.67. The number of hydrogen-bond donors (Lipinski definition) is 1. The molecule has 1 N–H and O–H groups in total. The molecule has 1 amide bonds. The van der Waals surface area contributed by atoms with E-state index in [2.05, 4.69) is 26.1 Å². The van der Waals surface area contributed by atoms with Crippen LogP contribution < -0.4 is 5.32 Å². The lowest BCUT2D eigenvalue weighted by Crippen LogP contribution is -2.28. The summed E-state index contributed by atoms with van der Waals surface area (Å²) in [6.45, 7) is 6.84. The maximum atomic E-state index is 12.5. The zero-order chi connectivity index (χ0) is 21.9. The van der Waals surface area contributed by atoms with Gasteiger partial charge in [-0.05, 0) is 59.9 Å². The van der Waals surface area contributed by atoms with Gasteiger partial charge in [0.25, 0.3) is 0 Å². The number of anilines is 1. The Labute approximate surface area is 187 Å². The number of carbonyl (C=O) groups is 2. The van der Waals surface area contributed by atoms with E-state index in [1.807, 2.05) is 12.1 Å². The number of carbonyl (C=O) groups excluding carboxylic acids is 2. The number of ether oxygens (including phenoxy) is 1. The van der Waals surface area contributed by atoms with Gasteiger partial charge >= 0.3 is 5.97 Å². The number of hydrogen-bond acceptors (Lipinski definition) is 4. The number of esters is 1. The minimum Gasteiger partial charge on any atom is -0.465 e. The van der Waals surface area contributed by atoms with Crippen molar-refractivity contribution in [1.82, 2.24) is 0 Å². The standard InChI is InChI=1S/C24H28ClNO3S/c1-5-24(2,3)16-9-12-18-19(14-16)30-22(21(18)23(28)29-4)26-20(27)13-8-15-6-10-17(25)11-7-15/h6-8,10-11,13,16H,5,9,12,14H2,1-4H3,(H,26,27)/b13-8+/t16-/m0/s1. The number of thiophene rings is 1. The molecule has 1 aliphatic rings. The molecule has 0 saturated heterocycles. The molecular weight excluding hydrogens is 418 g/mol. The first-order valence-electron chi connectivity index (χ1n) is 10.2. The van der Waals surface area contributed by atoms with Crippen LogP contribution in [0.15, 0.2) is 30.3 Å². The minimum absolute atomic E-state index is 0.248. The average Bonchev–Trinajstić information content (AvgIpc) is 3.09. The van der Waals surface area contributed by atoms with E-state index in [4.69, 9.17) is 16.3 Å². The summed E-state index contributed by atoms with van der Waals surface area (Å²) in [6.07, 6.45) is 7.10. The highest BCUT2D eigenvalue weighted by Crippen LogP contribution is 2.45. The van der Waals surface area contributed by atoms with E-state index in [9.17, 15) is 9.59 Å². The molecule has 0 saturated carbocycles. The largest absolute Gasteiger partial charge is 0.465 e. The fourth-order valence-corrected chi connectivity index (χ4v) is 5.29. The zero-order valence-corrected chi connectivity index (χ0v) is 19.5. The second-order valence-electron chi connectivity index (χ2n) is 8.36. The Hall–Kier alpha value is -2.11. The predicted octanol–water partition coefficient (Wildman–Crippen LogP) is 6.38. The lowest BCUT2D eigenvalue weighted by atomic mass is 9.69. The van der Waals surface area contributed by atoms with Crippen LogP contribution in [0.4, 0.5) is 5.00 Å². The van der Waals surface area contributed by atoms with Crippen molar-refractivity contribution in [1.29, 1.82) is 0 Å². The molecule has 0 bridgehead atoms. The molecule has 1 aromatic heterocycles. The van der Waals surface area contributed by atoms with Gasteiger partial charge in [-0.15, -0.1) is 11.3 Å². The third-order valence-electron chi connectivity index (χ3n) is 6.21. The maximum absolute atomic E-state index is 12.5. The van der Waals surface area contributed by atoms with Gasteiger partial charge in [0, 0.05) is 16.0 Å². The fourth-order valence-electron chi connectivity index (χ4n) is 3.85. The molecule has 0 aliphatic heterocycles. The molecule has 0 unspecified atom stereocenters. The van der Waals surface area contributed by atoms with Gasteiger partial charge in [0.1, 0.15) is 5.00 Å². The first-order valence-corrected chi connectivity index (χ1v) is 11.4. The van der Waals surface area contributed by atoms with Crippen molar-refractivity contribution in [2.75, 3.05) is 12.4 Å². The Bertz CT molecular complexity index is 960. The van der Waals surface area contributed by atoms with E-state index >= 15 is 0 Å². The Kier molecular flexibility index (Phi) is 7.04. The third-order valence-corrected chi connectivity index (χ3v) is 7.63. The first kappa shape index (κ1) is 22.6. The molecule has 1 heterocycles. The maximum Gasteiger partial charge on any atom is 0.341 e. The summed E-state index contributed by atoms with van der Waals surface area (Å²) in [4.78, 5) is 26.2. The second-order valence-corrected chi connectivity index (χ2v) is 9.90. The van der Waals surface area contributed by atoms with Crippen molar-refractivity contribution in [3.8, 4) is 0 Å². The molecule has 2 aromatic rings. The number of halogens is 1. The smallest absolute Gasteiger partial charge is 0.341 e. The molecule has 0 spiro atoms. The van der Waals surface area contributed by atoms with Crippen LogP contribution in [0.3, 0.4) is 0 Å². The Balaban J connectivity index is 1.83. The van der Waals surface area contributed by atoms with Gasteiger partial charge in [0.15, 0.2) is 0 Å². The average molecular weight is 446 g/mol. The van der Waals surface area contributed by atoms with E-state index in [0.717, 1.165) is 36.8 Å². The summed E-state index contributed by atoms with van der Waals surface area (Å²) >= 11 is 7.40. The van der Waals surface area contributed by atoms with Crippen LogP contribution in [0.2, 0.25) is 5.02 Å². The molecule has 4 nitrogen and oxygen atoms in total. The number of methoxy groups -OCH3 is 1. The Morgan fingerprint density at radius 1 is 1.30 bits per heavy atom. The molecule has 160 valence electrons. The molecule has 6 heteroatoms. The van der Waals surface area contributed by atoms with Crippen molar-refractivity contribution in [2.45, 2.75) is 46.5 Å². The molecular formula is C24H28ClNO3S. The van der Waals surface area contributed by atoms with Crippen LogP contribution in [-0.4, -0.2) is 19.0 Å². The van der Waals surface area contributed by atoms with E-state index < -0.39 is 5.97 Å². The fraction of sp³-hybridized carbons (Fsp3) is 0.417. The van der Waals surface area contributed by atoms with Gasteiger partial charge in [0.2, 0.25) is 5.91 Å². The number of rotatable bonds is 6. The van der Waals surface area contributed by atoms with Crippen molar-refractivity contribution >= 4 is 45.9 Å². The summed E-state index contributed by atoms with van der Waals surface area (Å²) in [5, 5.41) is 4.12. The molecule has 1 aliphatic carbocycles. The van der Waals surface area contributed by atoms with E-state index in [0.29, 0.717) is 21.5 Å². The van der Waals surface area contributed by atoms with E-state index in [-0.39, 0.29) is 11.3 Å². The van der Waals surface area contributed by atoms with Crippen LogP contribution in [0.1, 0.15) is 60.0 Å². The lowest BCUT2D eigenvalue weighted by molar-refractivity contribution is -0.111. The summed E-state index contributed by atoms with van der Waals surface area (Å²) in [6, 6.07) is 7.23. The quantitative estimate of drug-likeness (QED) is 0.414. The molecule has 0 fully saturated rings. The molecule has 1 aromatic carbocycles. The normalized spacial score (nSPS) is 16.4. The highest BCUT2D eigenvalue weighted by atomic mass is 35.5. The SMILES string of the molecule is CCC(C)(C)[C@H]1CCc2c(sc(NC(=O)/C=C/c3ccc(Cl)cc3)c2C(=O)OC)C1. The molecule has 30 heavy (non-hydrogen) atoms. The van der Waals surface area contributed by atoms with Crippen molar-refractivity contribution in [3.05, 3.63) is 56.9 Å². The molecule has 0 radical (unpaired) electrons. The van der Waals surface area contributed by atoms with E-state index in [1.165, 1.54) is 29.4 Å². The predicted molar refractivity (Wildman–Crippen MR) is 124 cm³/mol. The zero-order valence-electron chi connectivity index (χ0n) is 17.9. The van der Waals surface area contributed by atoms with Gasteiger partial charge in [-0.1, -0.05) is 50.9 Å². The van der Waals surface area contributed by atoms with Crippen LogP contribution >= 0.6 is 22.9 Å². The monoisotopic (exact) mass is 445 g/mol.